The molecule has 2 aromatic carbocycles. The van der Waals surface area contributed by atoms with Gasteiger partial charge in [0.1, 0.15) is 5.75 Å². The Morgan fingerprint density at radius 3 is 2.44 bits per heavy atom. The molecule has 1 heterocycles. The highest BCUT2D eigenvalue weighted by atomic mass is 32.2. The van der Waals surface area contributed by atoms with Gasteiger partial charge in [-0.2, -0.15) is 0 Å². The van der Waals surface area contributed by atoms with Crippen molar-refractivity contribution in [2.75, 3.05) is 35.9 Å². The number of ether oxygens (including phenoxy) is 2. The van der Waals surface area contributed by atoms with Crippen molar-refractivity contribution in [2.45, 2.75) is 11.3 Å². The van der Waals surface area contributed by atoms with Crippen molar-refractivity contribution in [2.24, 2.45) is 0 Å². The van der Waals surface area contributed by atoms with Crippen LogP contribution in [-0.2, 0) is 14.8 Å². The highest BCUT2D eigenvalue weighted by Gasteiger charge is 2.31. The summed E-state index contributed by atoms with van der Waals surface area (Å²) in [7, 11) is -4.08. The third kappa shape index (κ3) is 5.27. The van der Waals surface area contributed by atoms with Gasteiger partial charge >= 0.3 is 6.36 Å². The van der Waals surface area contributed by atoms with Crippen LogP contribution in [0.1, 0.15) is 0 Å². The van der Waals surface area contributed by atoms with E-state index in [1.165, 1.54) is 12.1 Å². The first kappa shape index (κ1) is 19.3. The molecule has 2 aromatic rings. The van der Waals surface area contributed by atoms with Gasteiger partial charge in [-0.25, -0.2) is 8.42 Å². The maximum absolute atomic E-state index is 12.5. The average molecular weight is 402 g/mol. The van der Waals surface area contributed by atoms with Gasteiger partial charge in [0.25, 0.3) is 10.0 Å². The van der Waals surface area contributed by atoms with E-state index in [4.69, 9.17) is 4.74 Å². The zero-order valence-corrected chi connectivity index (χ0v) is 14.9. The summed E-state index contributed by atoms with van der Waals surface area (Å²) in [6.45, 7) is 2.55. The number of sulfonamides is 1. The maximum atomic E-state index is 12.5. The molecule has 0 aromatic heterocycles. The number of nitrogens with zero attached hydrogens (tertiary/aromatic N) is 1. The number of anilines is 2. The van der Waals surface area contributed by atoms with Crippen LogP contribution in [-0.4, -0.2) is 41.1 Å². The van der Waals surface area contributed by atoms with Crippen molar-refractivity contribution in [1.29, 1.82) is 0 Å². The Kier molecular flexibility index (Phi) is 5.47. The lowest BCUT2D eigenvalue weighted by atomic mass is 10.2. The molecule has 0 atom stereocenters. The summed E-state index contributed by atoms with van der Waals surface area (Å²) >= 11 is 0. The van der Waals surface area contributed by atoms with Gasteiger partial charge in [-0.3, -0.25) is 4.72 Å². The van der Waals surface area contributed by atoms with E-state index in [0.29, 0.717) is 32.0 Å². The van der Waals surface area contributed by atoms with E-state index in [1.54, 1.807) is 18.2 Å². The molecule has 0 radical (unpaired) electrons. The molecule has 0 unspecified atom stereocenters. The number of halogens is 3. The van der Waals surface area contributed by atoms with Crippen molar-refractivity contribution in [3.8, 4) is 5.75 Å². The molecule has 0 aliphatic carbocycles. The van der Waals surface area contributed by atoms with Gasteiger partial charge in [-0.15, -0.1) is 13.2 Å². The van der Waals surface area contributed by atoms with Crippen LogP contribution in [0.5, 0.6) is 5.75 Å². The molecule has 146 valence electrons. The van der Waals surface area contributed by atoms with Crippen molar-refractivity contribution in [3.63, 3.8) is 0 Å². The van der Waals surface area contributed by atoms with E-state index in [2.05, 4.69) is 14.4 Å². The lowest BCUT2D eigenvalue weighted by Crippen LogP contribution is -2.36. The van der Waals surface area contributed by atoms with Crippen molar-refractivity contribution in [1.82, 2.24) is 0 Å². The van der Waals surface area contributed by atoms with Gasteiger partial charge in [-0.05, 0) is 30.3 Å². The summed E-state index contributed by atoms with van der Waals surface area (Å²) in [5, 5.41) is 0. The summed E-state index contributed by atoms with van der Waals surface area (Å²) in [6.07, 6.45) is -4.90. The molecule has 0 spiro atoms. The molecule has 10 heteroatoms. The van der Waals surface area contributed by atoms with E-state index in [1.807, 2.05) is 6.07 Å². The minimum Gasteiger partial charge on any atom is -0.406 e. The van der Waals surface area contributed by atoms with Crippen molar-refractivity contribution < 1.29 is 31.1 Å². The second kappa shape index (κ2) is 7.65. The largest absolute Gasteiger partial charge is 0.573 e. The molecular weight excluding hydrogens is 385 g/mol. The quantitative estimate of drug-likeness (QED) is 0.832. The van der Waals surface area contributed by atoms with E-state index < -0.39 is 22.1 Å². The zero-order valence-electron chi connectivity index (χ0n) is 14.1. The fourth-order valence-corrected chi connectivity index (χ4v) is 3.72. The Hall–Kier alpha value is -2.46. The number of morpholine rings is 1. The molecule has 1 aliphatic rings. The van der Waals surface area contributed by atoms with Crippen molar-refractivity contribution >= 4 is 21.4 Å². The van der Waals surface area contributed by atoms with Crippen LogP contribution in [0.4, 0.5) is 24.5 Å². The first-order chi connectivity index (χ1) is 12.7. The minimum atomic E-state index is -4.90. The molecule has 0 saturated carbocycles. The summed E-state index contributed by atoms with van der Waals surface area (Å²) < 4.78 is 73.5. The van der Waals surface area contributed by atoms with Crippen LogP contribution in [0.3, 0.4) is 0 Å². The summed E-state index contributed by atoms with van der Waals surface area (Å²) in [4.78, 5) is 1.72. The maximum Gasteiger partial charge on any atom is 0.573 e. The predicted octanol–water partition coefficient (Wildman–Crippen LogP) is 3.22. The van der Waals surface area contributed by atoms with E-state index >= 15 is 0 Å². The van der Waals surface area contributed by atoms with Crippen LogP contribution in [0, 0.1) is 0 Å². The van der Waals surface area contributed by atoms with Crippen LogP contribution < -0.4 is 14.4 Å². The third-order valence-electron chi connectivity index (χ3n) is 3.82. The molecule has 1 N–H and O–H groups in total. The van der Waals surface area contributed by atoms with Crippen LogP contribution in [0.25, 0.3) is 0 Å². The normalized spacial score (nSPS) is 15.4. The topological polar surface area (TPSA) is 67.9 Å². The van der Waals surface area contributed by atoms with Crippen LogP contribution in [0.15, 0.2) is 53.4 Å². The molecule has 0 amide bonds. The molecule has 3 rings (SSSR count). The fraction of sp³-hybridized carbons (Fsp3) is 0.294. The first-order valence-corrected chi connectivity index (χ1v) is 9.53. The zero-order chi connectivity index (χ0) is 19.5. The van der Waals surface area contributed by atoms with Gasteiger partial charge in [-0.1, -0.05) is 12.1 Å². The number of nitrogens with one attached hydrogen (secondary N) is 1. The monoisotopic (exact) mass is 402 g/mol. The molecule has 27 heavy (non-hydrogen) atoms. The van der Waals surface area contributed by atoms with Gasteiger partial charge < -0.3 is 14.4 Å². The van der Waals surface area contributed by atoms with Gasteiger partial charge in [0.2, 0.25) is 0 Å². The second-order valence-corrected chi connectivity index (χ2v) is 7.46. The van der Waals surface area contributed by atoms with E-state index in [9.17, 15) is 21.6 Å². The molecule has 1 saturated heterocycles. The number of hydrogen-bond acceptors (Lipinski definition) is 5. The summed E-state index contributed by atoms with van der Waals surface area (Å²) in [5.41, 5.74) is 1.13. The number of benzene rings is 2. The Balaban J connectivity index is 1.79. The van der Waals surface area contributed by atoms with Gasteiger partial charge in [0, 0.05) is 24.8 Å². The molecule has 0 bridgehead atoms. The molecular formula is C17H17F3N2O4S. The molecule has 6 nitrogen and oxygen atoms in total. The second-order valence-electron chi connectivity index (χ2n) is 5.78. The van der Waals surface area contributed by atoms with E-state index in [-0.39, 0.29) is 4.90 Å². The first-order valence-electron chi connectivity index (χ1n) is 8.04. The highest BCUT2D eigenvalue weighted by molar-refractivity contribution is 7.92. The number of hydrogen-bond donors (Lipinski definition) is 1. The predicted molar refractivity (Wildman–Crippen MR) is 93.4 cm³/mol. The lowest BCUT2D eigenvalue weighted by molar-refractivity contribution is -0.274. The summed E-state index contributed by atoms with van der Waals surface area (Å²) in [6, 6.07) is 11.0. The van der Waals surface area contributed by atoms with Crippen molar-refractivity contribution in [3.05, 3.63) is 48.5 Å². The summed E-state index contributed by atoms with van der Waals surface area (Å²) in [5.74, 6) is -0.604. The van der Waals surface area contributed by atoms with Crippen LogP contribution >= 0.6 is 0 Å². The van der Waals surface area contributed by atoms with Gasteiger partial charge in [0.05, 0.1) is 23.8 Å². The van der Waals surface area contributed by atoms with Gasteiger partial charge in [0.15, 0.2) is 0 Å². The molecule has 1 fully saturated rings. The average Bonchev–Trinajstić information content (AvgIpc) is 2.61. The molecule has 1 aliphatic heterocycles. The minimum absolute atomic E-state index is 0.307. The highest BCUT2D eigenvalue weighted by Crippen LogP contribution is 2.27. The third-order valence-corrected chi connectivity index (χ3v) is 5.20. The SMILES string of the molecule is O=S(=O)(Nc1cccc(N2CCOCC2)c1)c1cccc(OC(F)(F)F)c1. The Morgan fingerprint density at radius 2 is 1.74 bits per heavy atom. The fourth-order valence-electron chi connectivity index (χ4n) is 2.64. The smallest absolute Gasteiger partial charge is 0.406 e. The Morgan fingerprint density at radius 1 is 1.04 bits per heavy atom. The van der Waals surface area contributed by atoms with E-state index in [0.717, 1.165) is 17.8 Å². The number of alkyl halides is 3. The van der Waals surface area contributed by atoms with Crippen LogP contribution in [0.2, 0.25) is 0 Å². The lowest BCUT2D eigenvalue weighted by Gasteiger charge is -2.29. The Labute approximate surface area is 154 Å². The Bertz CT molecular complexity index is 897. The number of rotatable bonds is 5. The standard InChI is InChI=1S/C17H17F3N2O4S/c18-17(19,20)26-15-5-2-6-16(12-15)27(23,24)21-13-3-1-4-14(11-13)22-7-9-25-10-8-22/h1-6,11-12,21H,7-10H2.